The maximum Gasteiger partial charge on any atom is 0.0345 e. The van der Waals surface area contributed by atoms with Crippen molar-refractivity contribution in [3.63, 3.8) is 0 Å². The lowest BCUT2D eigenvalue weighted by Crippen LogP contribution is -2.16. The summed E-state index contributed by atoms with van der Waals surface area (Å²) in [6.07, 6.45) is 2.37. The Hall–Kier alpha value is -0.980. The molecular formula is C13H21N. The van der Waals surface area contributed by atoms with Crippen molar-refractivity contribution in [2.45, 2.75) is 46.6 Å². The van der Waals surface area contributed by atoms with Crippen molar-refractivity contribution in [2.24, 2.45) is 0 Å². The summed E-state index contributed by atoms with van der Waals surface area (Å²) >= 11 is 0. The van der Waals surface area contributed by atoms with Crippen LogP contribution in [0.4, 0.5) is 5.69 Å². The van der Waals surface area contributed by atoms with Crippen molar-refractivity contribution in [2.75, 3.05) is 5.32 Å². The van der Waals surface area contributed by atoms with E-state index in [0.717, 1.165) is 0 Å². The summed E-state index contributed by atoms with van der Waals surface area (Å²) in [6, 6.07) is 7.19. The largest absolute Gasteiger partial charge is 0.382 e. The molecule has 1 aromatic rings. The average molecular weight is 191 g/mol. The molecule has 0 unspecified atom stereocenters. The minimum Gasteiger partial charge on any atom is -0.382 e. The molecule has 0 aliphatic carbocycles. The lowest BCUT2D eigenvalue weighted by Gasteiger charge is -2.17. The number of nitrogens with one attached hydrogen (secondary N) is 1. The van der Waals surface area contributed by atoms with Crippen LogP contribution in [-0.2, 0) is 0 Å². The summed E-state index contributed by atoms with van der Waals surface area (Å²) in [6.45, 7) is 8.76. The molecule has 0 saturated carbocycles. The first kappa shape index (κ1) is 11.1. The quantitative estimate of drug-likeness (QED) is 0.761. The van der Waals surface area contributed by atoms with Gasteiger partial charge in [-0.15, -0.1) is 0 Å². The predicted octanol–water partition coefficient (Wildman–Crippen LogP) is 3.90. The fraction of sp³-hybridized carbons (Fsp3) is 0.538. The normalized spacial score (nSPS) is 10.6. The van der Waals surface area contributed by atoms with Crippen molar-refractivity contribution in [1.82, 2.24) is 0 Å². The lowest BCUT2D eigenvalue weighted by molar-refractivity contribution is 0.671. The van der Waals surface area contributed by atoms with Gasteiger partial charge in [-0.05, 0) is 49.9 Å². The van der Waals surface area contributed by atoms with Gasteiger partial charge in [-0.2, -0.15) is 0 Å². The van der Waals surface area contributed by atoms with Crippen molar-refractivity contribution in [3.8, 4) is 0 Å². The van der Waals surface area contributed by atoms with E-state index in [1.54, 1.807) is 0 Å². The van der Waals surface area contributed by atoms with Gasteiger partial charge in [0.2, 0.25) is 0 Å². The van der Waals surface area contributed by atoms with Gasteiger partial charge in [0.1, 0.15) is 0 Å². The molecule has 0 spiro atoms. The Kier molecular flexibility index (Phi) is 3.99. The van der Waals surface area contributed by atoms with E-state index in [1.807, 2.05) is 0 Å². The van der Waals surface area contributed by atoms with Crippen LogP contribution in [0, 0.1) is 13.8 Å². The first-order valence-corrected chi connectivity index (χ1v) is 5.51. The van der Waals surface area contributed by atoms with Gasteiger partial charge in [-0.1, -0.05) is 19.9 Å². The lowest BCUT2D eigenvalue weighted by atomic mass is 10.1. The second-order valence-electron chi connectivity index (χ2n) is 3.96. The molecule has 14 heavy (non-hydrogen) atoms. The van der Waals surface area contributed by atoms with Crippen LogP contribution in [0.3, 0.4) is 0 Å². The summed E-state index contributed by atoms with van der Waals surface area (Å²) in [5.41, 5.74) is 3.97. The first-order chi connectivity index (χ1) is 6.67. The van der Waals surface area contributed by atoms with Crippen molar-refractivity contribution in [3.05, 3.63) is 29.3 Å². The topological polar surface area (TPSA) is 12.0 Å². The summed E-state index contributed by atoms with van der Waals surface area (Å²) in [5, 5.41) is 3.55. The number of hydrogen-bond donors (Lipinski definition) is 1. The molecule has 0 heterocycles. The minimum atomic E-state index is 0.608. The van der Waals surface area contributed by atoms with E-state index in [0.29, 0.717) is 6.04 Å². The standard InChI is InChI=1S/C13H21N/c1-5-12(6-2)14-13-8-7-10(3)11(4)9-13/h7-9,12,14H,5-6H2,1-4H3. The van der Waals surface area contributed by atoms with Gasteiger partial charge < -0.3 is 5.32 Å². The minimum absolute atomic E-state index is 0.608. The Labute approximate surface area is 87.5 Å². The third-order valence-corrected chi connectivity index (χ3v) is 2.86. The summed E-state index contributed by atoms with van der Waals surface area (Å²) < 4.78 is 0. The van der Waals surface area contributed by atoms with Gasteiger partial charge in [-0.3, -0.25) is 0 Å². The van der Waals surface area contributed by atoms with E-state index < -0.39 is 0 Å². The highest BCUT2D eigenvalue weighted by Gasteiger charge is 2.03. The monoisotopic (exact) mass is 191 g/mol. The Morgan fingerprint density at radius 2 is 1.71 bits per heavy atom. The SMILES string of the molecule is CCC(CC)Nc1ccc(C)c(C)c1. The highest BCUT2D eigenvalue weighted by molar-refractivity contribution is 5.48. The first-order valence-electron chi connectivity index (χ1n) is 5.51. The summed E-state index contributed by atoms with van der Waals surface area (Å²) in [5.74, 6) is 0. The molecular weight excluding hydrogens is 170 g/mol. The second-order valence-corrected chi connectivity index (χ2v) is 3.96. The molecule has 1 nitrogen and oxygen atoms in total. The second kappa shape index (κ2) is 5.04. The number of anilines is 1. The highest BCUT2D eigenvalue weighted by Crippen LogP contribution is 2.16. The molecule has 0 aromatic heterocycles. The van der Waals surface area contributed by atoms with Crippen LogP contribution in [0.15, 0.2) is 18.2 Å². The molecule has 0 radical (unpaired) electrons. The van der Waals surface area contributed by atoms with E-state index in [1.165, 1.54) is 29.7 Å². The van der Waals surface area contributed by atoms with Crippen LogP contribution in [0.1, 0.15) is 37.8 Å². The fourth-order valence-electron chi connectivity index (χ4n) is 1.56. The van der Waals surface area contributed by atoms with Crippen molar-refractivity contribution < 1.29 is 0 Å². The molecule has 1 N–H and O–H groups in total. The zero-order valence-electron chi connectivity index (χ0n) is 9.72. The maximum absolute atomic E-state index is 3.55. The van der Waals surface area contributed by atoms with Crippen LogP contribution in [-0.4, -0.2) is 6.04 Å². The zero-order chi connectivity index (χ0) is 10.6. The molecule has 0 aliphatic heterocycles. The Morgan fingerprint density at radius 3 is 2.21 bits per heavy atom. The van der Waals surface area contributed by atoms with Gasteiger partial charge >= 0.3 is 0 Å². The summed E-state index contributed by atoms with van der Waals surface area (Å²) in [4.78, 5) is 0. The highest BCUT2D eigenvalue weighted by atomic mass is 14.9. The van der Waals surface area contributed by atoms with Crippen molar-refractivity contribution >= 4 is 5.69 Å². The van der Waals surface area contributed by atoms with Crippen LogP contribution < -0.4 is 5.32 Å². The predicted molar refractivity (Wildman–Crippen MR) is 63.9 cm³/mol. The Balaban J connectivity index is 2.72. The molecule has 78 valence electrons. The maximum atomic E-state index is 3.55. The van der Waals surface area contributed by atoms with Crippen LogP contribution in [0.5, 0.6) is 0 Å². The Bertz CT molecular complexity index is 287. The molecule has 0 fully saturated rings. The van der Waals surface area contributed by atoms with Crippen LogP contribution in [0.25, 0.3) is 0 Å². The van der Waals surface area contributed by atoms with Crippen LogP contribution in [0.2, 0.25) is 0 Å². The molecule has 0 atom stereocenters. The van der Waals surface area contributed by atoms with Gasteiger partial charge in [0.25, 0.3) is 0 Å². The van der Waals surface area contributed by atoms with Gasteiger partial charge in [0.15, 0.2) is 0 Å². The van der Waals surface area contributed by atoms with E-state index >= 15 is 0 Å². The van der Waals surface area contributed by atoms with Gasteiger partial charge in [0, 0.05) is 11.7 Å². The molecule has 0 bridgehead atoms. The van der Waals surface area contributed by atoms with E-state index in [9.17, 15) is 0 Å². The molecule has 0 saturated heterocycles. The number of benzene rings is 1. The molecule has 1 aromatic carbocycles. The van der Waals surface area contributed by atoms with E-state index in [4.69, 9.17) is 0 Å². The third-order valence-electron chi connectivity index (χ3n) is 2.86. The molecule has 1 heteroatoms. The summed E-state index contributed by atoms with van der Waals surface area (Å²) in [7, 11) is 0. The number of hydrogen-bond acceptors (Lipinski definition) is 1. The third kappa shape index (κ3) is 2.76. The molecule has 0 aliphatic rings. The molecule has 1 rings (SSSR count). The van der Waals surface area contributed by atoms with Gasteiger partial charge in [0.05, 0.1) is 0 Å². The molecule has 0 amide bonds. The zero-order valence-corrected chi connectivity index (χ0v) is 9.72. The van der Waals surface area contributed by atoms with Crippen LogP contribution >= 0.6 is 0 Å². The average Bonchev–Trinajstić information content (AvgIpc) is 2.19. The van der Waals surface area contributed by atoms with Gasteiger partial charge in [-0.25, -0.2) is 0 Å². The number of aryl methyl sites for hydroxylation is 2. The van der Waals surface area contributed by atoms with E-state index in [2.05, 4.69) is 51.2 Å². The smallest absolute Gasteiger partial charge is 0.0345 e. The Morgan fingerprint density at radius 1 is 1.07 bits per heavy atom. The fourth-order valence-corrected chi connectivity index (χ4v) is 1.56. The van der Waals surface area contributed by atoms with Crippen molar-refractivity contribution in [1.29, 1.82) is 0 Å². The van der Waals surface area contributed by atoms with E-state index in [-0.39, 0.29) is 0 Å². The number of rotatable bonds is 4.